The van der Waals surface area contributed by atoms with Crippen LogP contribution in [0.2, 0.25) is 0 Å². The van der Waals surface area contributed by atoms with Gasteiger partial charge in [0.1, 0.15) is 0 Å². The van der Waals surface area contributed by atoms with Gasteiger partial charge in [-0.15, -0.1) is 0 Å². The lowest BCUT2D eigenvalue weighted by Gasteiger charge is -2.24. The van der Waals surface area contributed by atoms with Crippen LogP contribution < -0.4 is 10.6 Å². The van der Waals surface area contributed by atoms with Crippen LogP contribution in [0.5, 0.6) is 0 Å². The molecule has 1 aliphatic rings. The number of methoxy groups -OCH3 is 1. The Hall–Kier alpha value is -1.30. The molecular formula is C15H24N2O3. The minimum Gasteiger partial charge on any atom is -0.397 e. The molecule has 20 heavy (non-hydrogen) atoms. The normalized spacial score (nSPS) is 17.1. The maximum atomic E-state index is 10.1. The fourth-order valence-electron chi connectivity index (χ4n) is 2.61. The van der Waals surface area contributed by atoms with Crippen molar-refractivity contribution < 1.29 is 14.6 Å². The summed E-state index contributed by atoms with van der Waals surface area (Å²) in [4.78, 5) is 2.14. The van der Waals surface area contributed by atoms with E-state index in [2.05, 4.69) is 11.0 Å². The van der Waals surface area contributed by atoms with Crippen molar-refractivity contribution in [3.63, 3.8) is 0 Å². The molecule has 0 bridgehead atoms. The summed E-state index contributed by atoms with van der Waals surface area (Å²) in [5, 5.41) is 10.1. The Morgan fingerprint density at radius 1 is 1.40 bits per heavy atom. The third kappa shape index (κ3) is 3.62. The van der Waals surface area contributed by atoms with Crippen molar-refractivity contribution >= 4 is 11.4 Å². The largest absolute Gasteiger partial charge is 0.397 e. The monoisotopic (exact) mass is 280 g/mol. The van der Waals surface area contributed by atoms with Gasteiger partial charge in [-0.3, -0.25) is 0 Å². The number of nitrogen functional groups attached to an aromatic ring is 1. The molecule has 0 fully saturated rings. The second-order valence-electron chi connectivity index (χ2n) is 5.30. The van der Waals surface area contributed by atoms with Crippen molar-refractivity contribution in [1.82, 2.24) is 0 Å². The molecule has 0 spiro atoms. The Kier molecular flexibility index (Phi) is 5.23. The molecule has 0 aliphatic carbocycles. The van der Waals surface area contributed by atoms with Crippen molar-refractivity contribution in [1.29, 1.82) is 0 Å². The molecule has 2 unspecified atom stereocenters. The molecule has 5 heteroatoms. The zero-order valence-corrected chi connectivity index (χ0v) is 12.2. The topological polar surface area (TPSA) is 68.0 Å². The summed E-state index contributed by atoms with van der Waals surface area (Å²) < 4.78 is 10.5. The lowest BCUT2D eigenvalue weighted by molar-refractivity contribution is -0.0294. The lowest BCUT2D eigenvalue weighted by Crippen LogP contribution is -2.35. The van der Waals surface area contributed by atoms with Crippen molar-refractivity contribution in [3.8, 4) is 0 Å². The fraction of sp³-hybridized carbons (Fsp3) is 0.600. The quantitative estimate of drug-likeness (QED) is 0.731. The van der Waals surface area contributed by atoms with Crippen LogP contribution in [0.1, 0.15) is 12.5 Å². The molecule has 1 aromatic rings. The van der Waals surface area contributed by atoms with E-state index in [1.54, 1.807) is 7.11 Å². The number of ether oxygens (including phenoxy) is 2. The summed E-state index contributed by atoms with van der Waals surface area (Å²) in [5.74, 6) is 0. The molecule has 0 aromatic heterocycles. The van der Waals surface area contributed by atoms with Gasteiger partial charge >= 0.3 is 0 Å². The number of para-hydroxylation sites is 1. The van der Waals surface area contributed by atoms with Gasteiger partial charge in [0, 0.05) is 20.2 Å². The van der Waals surface area contributed by atoms with Gasteiger partial charge in [0.2, 0.25) is 0 Å². The second kappa shape index (κ2) is 6.92. The number of nitrogens with zero attached hydrogens (tertiary/aromatic N) is 1. The smallest absolute Gasteiger partial charge is 0.0948 e. The van der Waals surface area contributed by atoms with E-state index < -0.39 is 6.10 Å². The summed E-state index contributed by atoms with van der Waals surface area (Å²) in [6.07, 6.45) is 0.444. The highest BCUT2D eigenvalue weighted by Crippen LogP contribution is 2.33. The number of aliphatic hydroxyl groups excluding tert-OH is 1. The van der Waals surface area contributed by atoms with Crippen LogP contribution >= 0.6 is 0 Å². The standard InChI is InChI=1S/C15H24N2O3/c1-11(9-19-2)20-10-13(18)8-17-7-6-12-4-3-5-14(16)15(12)17/h3-5,11,13,18H,6-10,16H2,1-2H3. The zero-order chi connectivity index (χ0) is 14.5. The summed E-state index contributed by atoms with van der Waals surface area (Å²) in [6, 6.07) is 5.97. The van der Waals surface area contributed by atoms with Gasteiger partial charge in [-0.2, -0.15) is 0 Å². The molecule has 0 amide bonds. The predicted octanol–water partition coefficient (Wildman–Crippen LogP) is 1.04. The molecule has 1 aromatic carbocycles. The van der Waals surface area contributed by atoms with Crippen LogP contribution in [-0.2, 0) is 15.9 Å². The highest BCUT2D eigenvalue weighted by atomic mass is 16.5. The van der Waals surface area contributed by atoms with Crippen molar-refractivity contribution in [2.24, 2.45) is 0 Å². The van der Waals surface area contributed by atoms with Crippen molar-refractivity contribution in [2.45, 2.75) is 25.6 Å². The molecule has 112 valence electrons. The SMILES string of the molecule is COCC(C)OCC(O)CN1CCc2cccc(N)c21. The Labute approximate surface area is 120 Å². The van der Waals surface area contributed by atoms with Crippen molar-refractivity contribution in [2.75, 3.05) is 44.0 Å². The highest BCUT2D eigenvalue weighted by molar-refractivity contribution is 5.74. The number of β-amino-alcohol motifs (C(OH)–C–C–N with tert-alkyl or cyclic N) is 1. The first-order valence-corrected chi connectivity index (χ1v) is 7.02. The number of anilines is 2. The molecule has 1 aliphatic heterocycles. The number of fused-ring (bicyclic) bond motifs is 1. The fourth-order valence-corrected chi connectivity index (χ4v) is 2.61. The molecule has 3 N–H and O–H groups in total. The molecule has 1 heterocycles. The van der Waals surface area contributed by atoms with E-state index in [-0.39, 0.29) is 6.10 Å². The second-order valence-corrected chi connectivity index (χ2v) is 5.30. The first-order chi connectivity index (χ1) is 9.61. The average Bonchev–Trinajstić information content (AvgIpc) is 2.81. The predicted molar refractivity (Wildman–Crippen MR) is 80.1 cm³/mol. The van der Waals surface area contributed by atoms with E-state index in [0.29, 0.717) is 19.8 Å². The van der Waals surface area contributed by atoms with Crippen LogP contribution in [-0.4, -0.2) is 50.7 Å². The molecule has 0 saturated carbocycles. The van der Waals surface area contributed by atoms with Crippen LogP contribution in [0, 0.1) is 0 Å². The van der Waals surface area contributed by atoms with Crippen LogP contribution in [0.25, 0.3) is 0 Å². The van der Waals surface area contributed by atoms with Gasteiger partial charge < -0.3 is 25.2 Å². The Morgan fingerprint density at radius 3 is 2.95 bits per heavy atom. The lowest BCUT2D eigenvalue weighted by atomic mass is 10.1. The summed E-state index contributed by atoms with van der Waals surface area (Å²) >= 11 is 0. The van der Waals surface area contributed by atoms with Gasteiger partial charge in [0.05, 0.1) is 36.8 Å². The van der Waals surface area contributed by atoms with Crippen LogP contribution in [0.15, 0.2) is 18.2 Å². The highest BCUT2D eigenvalue weighted by Gasteiger charge is 2.23. The van der Waals surface area contributed by atoms with E-state index in [9.17, 15) is 5.11 Å². The van der Waals surface area contributed by atoms with E-state index in [4.69, 9.17) is 15.2 Å². The average molecular weight is 280 g/mol. The number of benzene rings is 1. The molecule has 0 radical (unpaired) electrons. The maximum Gasteiger partial charge on any atom is 0.0948 e. The van der Waals surface area contributed by atoms with Gasteiger partial charge in [-0.25, -0.2) is 0 Å². The van der Waals surface area contributed by atoms with Gasteiger partial charge in [-0.1, -0.05) is 12.1 Å². The summed E-state index contributed by atoms with van der Waals surface area (Å²) in [6.45, 7) is 4.21. The van der Waals surface area contributed by atoms with Crippen LogP contribution in [0.3, 0.4) is 0 Å². The molecule has 5 nitrogen and oxygen atoms in total. The molecule has 2 atom stereocenters. The van der Waals surface area contributed by atoms with E-state index in [1.165, 1.54) is 5.56 Å². The van der Waals surface area contributed by atoms with Crippen LogP contribution in [0.4, 0.5) is 11.4 Å². The molecule has 2 rings (SSSR count). The maximum absolute atomic E-state index is 10.1. The van der Waals surface area contributed by atoms with Gasteiger partial charge in [0.25, 0.3) is 0 Å². The molecular weight excluding hydrogens is 256 g/mol. The number of nitrogens with two attached hydrogens (primary N) is 1. The third-order valence-corrected chi connectivity index (χ3v) is 3.52. The first-order valence-electron chi connectivity index (χ1n) is 7.02. The van der Waals surface area contributed by atoms with E-state index >= 15 is 0 Å². The summed E-state index contributed by atoms with van der Waals surface area (Å²) in [7, 11) is 1.64. The molecule has 0 saturated heterocycles. The first kappa shape index (κ1) is 15.1. The number of aliphatic hydroxyl groups is 1. The minimum atomic E-state index is -0.528. The van der Waals surface area contributed by atoms with Crippen molar-refractivity contribution in [3.05, 3.63) is 23.8 Å². The van der Waals surface area contributed by atoms with Gasteiger partial charge in [-0.05, 0) is 25.0 Å². The Morgan fingerprint density at radius 2 is 2.20 bits per heavy atom. The Bertz CT molecular complexity index is 439. The number of hydrogen-bond donors (Lipinski definition) is 2. The number of rotatable bonds is 7. The minimum absolute atomic E-state index is 0.00872. The van der Waals surface area contributed by atoms with E-state index in [1.807, 2.05) is 19.1 Å². The Balaban J connectivity index is 1.86. The summed E-state index contributed by atoms with van der Waals surface area (Å²) in [5.41, 5.74) is 9.13. The zero-order valence-electron chi connectivity index (χ0n) is 12.2. The van der Waals surface area contributed by atoms with Gasteiger partial charge in [0.15, 0.2) is 0 Å². The van der Waals surface area contributed by atoms with E-state index in [0.717, 1.165) is 24.3 Å². The third-order valence-electron chi connectivity index (χ3n) is 3.52. The number of hydrogen-bond acceptors (Lipinski definition) is 5.